The Morgan fingerprint density at radius 1 is 1.11 bits per heavy atom. The second-order valence-electron chi connectivity index (χ2n) is 7.05. The third-order valence-electron chi connectivity index (χ3n) is 5.03. The maximum atomic E-state index is 12.9. The second-order valence-corrected chi connectivity index (χ2v) is 8.58. The highest BCUT2D eigenvalue weighted by atomic mass is 35.5. The number of nitrogens with zero attached hydrogens (tertiary/aromatic N) is 1. The Morgan fingerprint density at radius 3 is 2.75 bits per heavy atom. The molecule has 144 valence electrons. The monoisotopic (exact) mass is 412 g/mol. The minimum Gasteiger partial charge on any atom is -0.346 e. The van der Waals surface area contributed by atoms with Crippen LogP contribution in [0.4, 0.5) is 0 Å². The highest BCUT2D eigenvalue weighted by Gasteiger charge is 2.17. The summed E-state index contributed by atoms with van der Waals surface area (Å²) < 4.78 is 0. The summed E-state index contributed by atoms with van der Waals surface area (Å²) in [6, 6.07) is 17.3. The molecule has 0 spiro atoms. The normalized spacial score (nSPS) is 14.5. The van der Waals surface area contributed by atoms with Gasteiger partial charge in [0.05, 0.1) is 37.3 Å². The van der Waals surface area contributed by atoms with E-state index >= 15 is 0 Å². The zero-order chi connectivity index (χ0) is 19.3. The van der Waals surface area contributed by atoms with E-state index in [-0.39, 0.29) is 5.91 Å². The predicted octanol–water partition coefficient (Wildman–Crippen LogP) is 3.45. The van der Waals surface area contributed by atoms with E-state index in [1.54, 1.807) is 4.90 Å². The molecule has 4 nitrogen and oxygen atoms in total. The Hall–Kier alpha value is -2.08. The molecule has 1 fully saturated rings. The van der Waals surface area contributed by atoms with Crippen molar-refractivity contribution in [3.8, 4) is 0 Å². The summed E-state index contributed by atoms with van der Waals surface area (Å²) in [6.07, 6.45) is 2.59. The summed E-state index contributed by atoms with van der Waals surface area (Å²) in [5.41, 5.74) is 1.50. The summed E-state index contributed by atoms with van der Waals surface area (Å²) >= 11 is 7.61. The summed E-state index contributed by atoms with van der Waals surface area (Å²) in [6.45, 7) is 4.11. The quantitative estimate of drug-likeness (QED) is 0.651. The Morgan fingerprint density at radius 2 is 1.93 bits per heavy atom. The van der Waals surface area contributed by atoms with Gasteiger partial charge < -0.3 is 10.2 Å². The van der Waals surface area contributed by atoms with Crippen LogP contribution >= 0.6 is 23.4 Å². The largest absolute Gasteiger partial charge is 0.346 e. The van der Waals surface area contributed by atoms with Crippen LogP contribution in [-0.4, -0.2) is 37.1 Å². The van der Waals surface area contributed by atoms with Crippen LogP contribution in [0, 0.1) is 0 Å². The molecule has 0 radical (unpaired) electrons. The van der Waals surface area contributed by atoms with Gasteiger partial charge in [0.2, 0.25) is 0 Å². The lowest BCUT2D eigenvalue weighted by molar-refractivity contribution is -0.886. The molecule has 2 N–H and O–H groups in total. The first-order valence-electron chi connectivity index (χ1n) is 9.64. The number of quaternary nitrogens is 1. The topological polar surface area (TPSA) is 46.4 Å². The molecule has 0 unspecified atom stereocenters. The van der Waals surface area contributed by atoms with Gasteiger partial charge >= 0.3 is 0 Å². The van der Waals surface area contributed by atoms with Gasteiger partial charge in [0, 0.05) is 28.1 Å². The van der Waals surface area contributed by atoms with E-state index in [1.165, 1.54) is 37.7 Å². The summed E-state index contributed by atoms with van der Waals surface area (Å²) in [5.74, 6) is -0.0369. The molecule has 1 aliphatic heterocycles. The van der Waals surface area contributed by atoms with Crippen molar-refractivity contribution in [1.29, 1.82) is 0 Å². The number of likely N-dealkylation sites (tertiary alicyclic amines) is 1. The van der Waals surface area contributed by atoms with Gasteiger partial charge in [-0.2, -0.15) is 0 Å². The Bertz CT molecular complexity index is 988. The molecular weight excluding hydrogens is 390 g/mol. The number of amides is 1. The van der Waals surface area contributed by atoms with Crippen LogP contribution in [0.25, 0.3) is 10.9 Å². The molecule has 0 atom stereocenters. The smallest absolute Gasteiger partial charge is 0.252 e. The highest BCUT2D eigenvalue weighted by Crippen LogP contribution is 2.31. The zero-order valence-corrected chi connectivity index (χ0v) is 17.2. The van der Waals surface area contributed by atoms with Gasteiger partial charge in [0.15, 0.2) is 0 Å². The molecule has 1 aromatic heterocycles. The van der Waals surface area contributed by atoms with E-state index in [0.717, 1.165) is 27.4 Å². The van der Waals surface area contributed by atoms with E-state index in [0.29, 0.717) is 17.1 Å². The molecule has 2 aromatic carbocycles. The van der Waals surface area contributed by atoms with Crippen LogP contribution in [-0.2, 0) is 0 Å². The summed E-state index contributed by atoms with van der Waals surface area (Å²) in [5, 5.41) is 5.46. The van der Waals surface area contributed by atoms with E-state index in [4.69, 9.17) is 16.6 Å². The summed E-state index contributed by atoms with van der Waals surface area (Å²) in [4.78, 5) is 20.2. The number of benzene rings is 2. The Labute approximate surface area is 174 Å². The molecule has 1 saturated heterocycles. The molecule has 3 aromatic rings. The number of aromatic nitrogens is 1. The maximum Gasteiger partial charge on any atom is 0.252 e. The molecule has 1 amide bonds. The summed E-state index contributed by atoms with van der Waals surface area (Å²) in [7, 11) is 0. The fourth-order valence-corrected chi connectivity index (χ4v) is 4.77. The van der Waals surface area contributed by atoms with Gasteiger partial charge in [-0.1, -0.05) is 47.6 Å². The number of hydrogen-bond acceptors (Lipinski definition) is 3. The van der Waals surface area contributed by atoms with Crippen LogP contribution < -0.4 is 10.2 Å². The Balaban J connectivity index is 1.56. The van der Waals surface area contributed by atoms with Gasteiger partial charge in [-0.3, -0.25) is 4.79 Å². The van der Waals surface area contributed by atoms with Crippen LogP contribution in [0.15, 0.2) is 64.5 Å². The van der Waals surface area contributed by atoms with Crippen LogP contribution in [0.1, 0.15) is 23.2 Å². The van der Waals surface area contributed by atoms with Gasteiger partial charge in [0.25, 0.3) is 5.91 Å². The first kappa shape index (κ1) is 19.2. The van der Waals surface area contributed by atoms with E-state index in [1.807, 2.05) is 54.6 Å². The standard InChI is InChI=1S/C22H22ClN3OS/c23-16-6-5-7-17(14-16)28-21-15-19(18-8-1-2-9-20(18)25-21)22(27)24-10-13-26-11-3-4-12-26/h1-2,5-9,14-15H,3-4,10-13H2,(H,24,27)/p+1. The fourth-order valence-electron chi connectivity index (χ4n) is 3.62. The number of carbonyl (C=O) groups excluding carboxylic acids is 1. The first-order valence-corrected chi connectivity index (χ1v) is 10.8. The van der Waals surface area contributed by atoms with Crippen molar-refractivity contribution >= 4 is 40.2 Å². The van der Waals surface area contributed by atoms with Crippen molar-refractivity contribution in [1.82, 2.24) is 10.3 Å². The van der Waals surface area contributed by atoms with Crippen molar-refractivity contribution < 1.29 is 9.69 Å². The van der Waals surface area contributed by atoms with E-state index in [2.05, 4.69) is 5.32 Å². The number of carbonyl (C=O) groups is 1. The van der Waals surface area contributed by atoms with Crippen molar-refractivity contribution in [2.24, 2.45) is 0 Å². The second kappa shape index (κ2) is 8.95. The number of nitrogens with one attached hydrogen (secondary N) is 2. The van der Waals surface area contributed by atoms with Crippen LogP contribution in [0.5, 0.6) is 0 Å². The molecule has 0 aliphatic carbocycles. The fraction of sp³-hybridized carbons (Fsp3) is 0.273. The number of fused-ring (bicyclic) bond motifs is 1. The number of halogens is 1. The highest BCUT2D eigenvalue weighted by molar-refractivity contribution is 7.99. The van der Waals surface area contributed by atoms with Crippen molar-refractivity contribution in [3.05, 3.63) is 65.2 Å². The first-order chi connectivity index (χ1) is 13.7. The minimum atomic E-state index is -0.0369. The van der Waals surface area contributed by atoms with E-state index in [9.17, 15) is 4.79 Å². The molecule has 28 heavy (non-hydrogen) atoms. The molecule has 6 heteroatoms. The number of para-hydroxylation sites is 1. The lowest BCUT2D eigenvalue weighted by Gasteiger charge is -2.13. The third kappa shape index (κ3) is 4.66. The van der Waals surface area contributed by atoms with Crippen LogP contribution in [0.2, 0.25) is 5.02 Å². The van der Waals surface area contributed by atoms with Gasteiger partial charge in [0.1, 0.15) is 5.03 Å². The average Bonchev–Trinajstić information content (AvgIpc) is 3.21. The molecule has 2 heterocycles. The average molecular weight is 413 g/mol. The lowest BCUT2D eigenvalue weighted by Crippen LogP contribution is -3.10. The molecule has 0 bridgehead atoms. The molecular formula is C22H23ClN3OS+. The maximum absolute atomic E-state index is 12.9. The number of rotatable bonds is 6. The van der Waals surface area contributed by atoms with Crippen molar-refractivity contribution in [3.63, 3.8) is 0 Å². The predicted molar refractivity (Wildman–Crippen MR) is 114 cm³/mol. The number of pyridine rings is 1. The SMILES string of the molecule is O=C(NCC[NH+]1CCCC1)c1cc(Sc2cccc(Cl)c2)nc2ccccc12. The zero-order valence-electron chi connectivity index (χ0n) is 15.6. The van der Waals surface area contributed by atoms with Crippen molar-refractivity contribution in [2.75, 3.05) is 26.2 Å². The molecule has 0 saturated carbocycles. The lowest BCUT2D eigenvalue weighted by atomic mass is 10.1. The van der Waals surface area contributed by atoms with E-state index < -0.39 is 0 Å². The molecule has 1 aliphatic rings. The van der Waals surface area contributed by atoms with Crippen LogP contribution in [0.3, 0.4) is 0 Å². The minimum absolute atomic E-state index is 0.0369. The number of hydrogen-bond donors (Lipinski definition) is 2. The van der Waals surface area contributed by atoms with Gasteiger partial charge in [-0.25, -0.2) is 4.98 Å². The third-order valence-corrected chi connectivity index (χ3v) is 6.17. The van der Waals surface area contributed by atoms with Crippen molar-refractivity contribution in [2.45, 2.75) is 22.8 Å². The Kier molecular flexibility index (Phi) is 6.15. The molecule has 4 rings (SSSR count). The van der Waals surface area contributed by atoms with Gasteiger partial charge in [-0.15, -0.1) is 0 Å². The van der Waals surface area contributed by atoms with Gasteiger partial charge in [-0.05, 0) is 30.3 Å².